The first-order chi connectivity index (χ1) is 9.80. The quantitative estimate of drug-likeness (QED) is 0.898. The van der Waals surface area contributed by atoms with Crippen molar-refractivity contribution in [3.63, 3.8) is 0 Å². The molecule has 1 aliphatic carbocycles. The number of nitrogens with zero attached hydrogens (tertiary/aromatic N) is 2. The number of benzene rings is 1. The SMILES string of the molecule is N#CCc1ccc(NC2=NCC3(CCCC3)CS2)cc1. The van der Waals surface area contributed by atoms with Crippen LogP contribution in [0.15, 0.2) is 29.3 Å². The molecule has 3 nitrogen and oxygen atoms in total. The van der Waals surface area contributed by atoms with Crippen LogP contribution >= 0.6 is 11.8 Å². The zero-order chi connectivity index (χ0) is 13.8. The van der Waals surface area contributed by atoms with Crippen molar-refractivity contribution in [3.05, 3.63) is 29.8 Å². The molecule has 2 aliphatic rings. The van der Waals surface area contributed by atoms with Gasteiger partial charge in [0.15, 0.2) is 5.17 Å². The fraction of sp³-hybridized carbons (Fsp3) is 0.500. The molecule has 0 radical (unpaired) electrons. The Bertz CT molecular complexity index is 536. The van der Waals surface area contributed by atoms with Gasteiger partial charge >= 0.3 is 0 Å². The van der Waals surface area contributed by atoms with Gasteiger partial charge in [-0.05, 0) is 36.0 Å². The predicted octanol–water partition coefficient (Wildman–Crippen LogP) is 3.83. The van der Waals surface area contributed by atoms with E-state index in [1.54, 1.807) is 0 Å². The minimum absolute atomic E-state index is 0.471. The van der Waals surface area contributed by atoms with Gasteiger partial charge in [0.1, 0.15) is 0 Å². The summed E-state index contributed by atoms with van der Waals surface area (Å²) in [6.45, 7) is 0.981. The summed E-state index contributed by atoms with van der Waals surface area (Å²) < 4.78 is 0. The molecule has 1 aromatic rings. The summed E-state index contributed by atoms with van der Waals surface area (Å²) in [4.78, 5) is 4.73. The van der Waals surface area contributed by atoms with E-state index in [9.17, 15) is 0 Å². The van der Waals surface area contributed by atoms with Crippen molar-refractivity contribution >= 4 is 22.6 Å². The van der Waals surface area contributed by atoms with E-state index in [1.807, 2.05) is 36.0 Å². The van der Waals surface area contributed by atoms with Crippen molar-refractivity contribution in [2.75, 3.05) is 17.6 Å². The van der Waals surface area contributed by atoms with Crippen molar-refractivity contribution < 1.29 is 0 Å². The molecule has 1 fully saturated rings. The molecule has 20 heavy (non-hydrogen) atoms. The third-order valence-corrected chi connectivity index (χ3v) is 5.49. The van der Waals surface area contributed by atoms with Crippen molar-refractivity contribution in [2.24, 2.45) is 10.4 Å². The van der Waals surface area contributed by atoms with Gasteiger partial charge in [-0.15, -0.1) is 0 Å². The van der Waals surface area contributed by atoms with Gasteiger partial charge in [-0.25, -0.2) is 0 Å². The Morgan fingerprint density at radius 1 is 1.25 bits per heavy atom. The molecule has 4 heteroatoms. The van der Waals surface area contributed by atoms with Crippen molar-refractivity contribution in [2.45, 2.75) is 32.1 Å². The highest BCUT2D eigenvalue weighted by Gasteiger charge is 2.36. The highest BCUT2D eigenvalue weighted by Crippen LogP contribution is 2.43. The number of thioether (sulfide) groups is 1. The van der Waals surface area contributed by atoms with Crippen LogP contribution in [0, 0.1) is 16.7 Å². The highest BCUT2D eigenvalue weighted by atomic mass is 32.2. The second kappa shape index (κ2) is 5.88. The van der Waals surface area contributed by atoms with E-state index in [1.165, 1.54) is 31.4 Å². The second-order valence-electron chi connectivity index (χ2n) is 5.77. The number of hydrogen-bond acceptors (Lipinski definition) is 4. The maximum absolute atomic E-state index is 8.66. The lowest BCUT2D eigenvalue weighted by molar-refractivity contribution is 0.359. The van der Waals surface area contributed by atoms with E-state index < -0.39 is 0 Å². The molecular formula is C16H19N3S. The Balaban J connectivity index is 1.61. The van der Waals surface area contributed by atoms with Crippen LogP contribution in [0.3, 0.4) is 0 Å². The molecule has 1 heterocycles. The zero-order valence-electron chi connectivity index (χ0n) is 11.6. The van der Waals surface area contributed by atoms with Gasteiger partial charge in [-0.1, -0.05) is 36.7 Å². The third-order valence-electron chi connectivity index (χ3n) is 4.23. The predicted molar refractivity (Wildman–Crippen MR) is 85.0 cm³/mol. The maximum Gasteiger partial charge on any atom is 0.161 e. The summed E-state index contributed by atoms with van der Waals surface area (Å²) >= 11 is 1.86. The molecule has 1 spiro atoms. The number of hydrogen-bond donors (Lipinski definition) is 1. The van der Waals surface area contributed by atoms with Crippen LogP contribution in [0.5, 0.6) is 0 Å². The Labute approximate surface area is 124 Å². The molecule has 104 valence electrons. The van der Waals surface area contributed by atoms with Crippen LogP contribution < -0.4 is 5.32 Å². The van der Waals surface area contributed by atoms with Gasteiger partial charge < -0.3 is 5.32 Å². The molecular weight excluding hydrogens is 266 g/mol. The van der Waals surface area contributed by atoms with E-state index in [2.05, 4.69) is 11.4 Å². The molecule has 0 saturated heterocycles. The summed E-state index contributed by atoms with van der Waals surface area (Å²) in [5, 5.41) is 13.1. The Morgan fingerprint density at radius 2 is 2.00 bits per heavy atom. The minimum atomic E-state index is 0.471. The largest absolute Gasteiger partial charge is 0.335 e. The number of rotatable bonds is 2. The van der Waals surface area contributed by atoms with Gasteiger partial charge in [0.2, 0.25) is 0 Å². The van der Waals surface area contributed by atoms with E-state index >= 15 is 0 Å². The van der Waals surface area contributed by atoms with Gasteiger partial charge in [0.25, 0.3) is 0 Å². The summed E-state index contributed by atoms with van der Waals surface area (Å²) in [6.07, 6.45) is 5.91. The maximum atomic E-state index is 8.66. The Hall–Kier alpha value is -1.47. The van der Waals surface area contributed by atoms with E-state index in [4.69, 9.17) is 10.3 Å². The van der Waals surface area contributed by atoms with Gasteiger partial charge in [-0.2, -0.15) is 5.26 Å². The van der Waals surface area contributed by atoms with Crippen LogP contribution in [-0.4, -0.2) is 17.5 Å². The number of nitriles is 1. The minimum Gasteiger partial charge on any atom is -0.335 e. The smallest absolute Gasteiger partial charge is 0.161 e. The van der Waals surface area contributed by atoms with E-state index in [0.717, 1.165) is 23.0 Å². The average Bonchev–Trinajstić information content (AvgIpc) is 2.93. The number of nitrogens with one attached hydrogen (secondary N) is 1. The van der Waals surface area contributed by atoms with Crippen LogP contribution in [0.2, 0.25) is 0 Å². The van der Waals surface area contributed by atoms with Crippen LogP contribution in [0.25, 0.3) is 0 Å². The normalized spacial score (nSPS) is 20.4. The Morgan fingerprint density at radius 3 is 2.60 bits per heavy atom. The molecule has 1 aliphatic heterocycles. The number of amidine groups is 1. The van der Waals surface area contributed by atoms with Gasteiger partial charge in [0, 0.05) is 18.0 Å². The monoisotopic (exact) mass is 285 g/mol. The lowest BCUT2D eigenvalue weighted by Crippen LogP contribution is -2.30. The van der Waals surface area contributed by atoms with Crippen molar-refractivity contribution in [1.29, 1.82) is 5.26 Å². The first kappa shape index (κ1) is 13.5. The van der Waals surface area contributed by atoms with Crippen LogP contribution in [0.4, 0.5) is 5.69 Å². The summed E-state index contributed by atoms with van der Waals surface area (Å²) in [5.41, 5.74) is 2.61. The molecule has 1 saturated carbocycles. The zero-order valence-corrected chi connectivity index (χ0v) is 12.4. The van der Waals surface area contributed by atoms with Crippen LogP contribution in [-0.2, 0) is 6.42 Å². The fourth-order valence-electron chi connectivity index (χ4n) is 2.98. The van der Waals surface area contributed by atoms with Crippen molar-refractivity contribution in [3.8, 4) is 6.07 Å². The second-order valence-corrected chi connectivity index (χ2v) is 6.74. The molecule has 1 N–H and O–H groups in total. The Kier molecular flexibility index (Phi) is 3.98. The summed E-state index contributed by atoms with van der Waals surface area (Å²) in [6, 6.07) is 10.2. The molecule has 0 atom stereocenters. The molecule has 1 aromatic carbocycles. The number of aliphatic imine (C=N–C) groups is 1. The standard InChI is InChI=1S/C16H19N3S/c17-10-7-13-3-5-14(6-4-13)19-15-18-11-16(12-20-15)8-1-2-9-16/h3-6H,1-2,7-9,11-12H2,(H,18,19). The first-order valence-corrected chi connectivity index (χ1v) is 8.18. The third kappa shape index (κ3) is 2.99. The summed E-state index contributed by atoms with van der Waals surface area (Å²) in [7, 11) is 0. The van der Waals surface area contributed by atoms with Gasteiger partial charge in [0.05, 0.1) is 12.5 Å². The molecule has 0 unspecified atom stereocenters. The lowest BCUT2D eigenvalue weighted by atomic mass is 9.89. The lowest BCUT2D eigenvalue weighted by Gasteiger charge is -2.31. The van der Waals surface area contributed by atoms with Gasteiger partial charge in [-0.3, -0.25) is 4.99 Å². The van der Waals surface area contributed by atoms with Crippen molar-refractivity contribution in [1.82, 2.24) is 0 Å². The molecule has 0 bridgehead atoms. The molecule has 0 amide bonds. The van der Waals surface area contributed by atoms with E-state index in [0.29, 0.717) is 11.8 Å². The highest BCUT2D eigenvalue weighted by molar-refractivity contribution is 8.14. The topological polar surface area (TPSA) is 48.2 Å². The fourth-order valence-corrected chi connectivity index (χ4v) is 4.14. The van der Waals surface area contributed by atoms with Crippen LogP contribution in [0.1, 0.15) is 31.2 Å². The van der Waals surface area contributed by atoms with E-state index in [-0.39, 0.29) is 0 Å². The molecule has 3 rings (SSSR count). The average molecular weight is 285 g/mol. The number of anilines is 1. The summed E-state index contributed by atoms with van der Waals surface area (Å²) in [5.74, 6) is 1.20. The molecule has 0 aromatic heterocycles. The first-order valence-electron chi connectivity index (χ1n) is 7.20.